The van der Waals surface area contributed by atoms with E-state index in [9.17, 15) is 4.79 Å². The van der Waals surface area contributed by atoms with Gasteiger partial charge < -0.3 is 15.2 Å². The third-order valence-corrected chi connectivity index (χ3v) is 2.07. The van der Waals surface area contributed by atoms with Gasteiger partial charge in [-0.05, 0) is 12.1 Å². The first-order valence-corrected chi connectivity index (χ1v) is 5.23. The number of carboxylic acids is 1. The van der Waals surface area contributed by atoms with Gasteiger partial charge in [-0.15, -0.1) is 0 Å². The molecule has 1 saturated heterocycles. The quantitative estimate of drug-likeness (QED) is 0.720. The Hall–Kier alpha value is -1.17. The van der Waals surface area contributed by atoms with Gasteiger partial charge in [-0.25, -0.2) is 4.79 Å². The molecule has 1 aliphatic rings. The molecule has 1 aliphatic heterocycles. The van der Waals surface area contributed by atoms with Gasteiger partial charge in [0.1, 0.15) is 5.56 Å². The number of morpholine rings is 1. The lowest BCUT2D eigenvalue weighted by atomic mass is 10.3. The van der Waals surface area contributed by atoms with Crippen LogP contribution in [0.25, 0.3) is 0 Å². The molecule has 1 aromatic rings. The van der Waals surface area contributed by atoms with Crippen LogP contribution < -0.4 is 5.32 Å². The Morgan fingerprint density at radius 3 is 2.81 bits per heavy atom. The fourth-order valence-electron chi connectivity index (χ4n) is 1.02. The molecule has 88 valence electrons. The lowest BCUT2D eigenvalue weighted by molar-refractivity contribution is 0.0696. The molecule has 0 amide bonds. The fraction of sp³-hybridized carbons (Fsp3) is 0.400. The maximum Gasteiger partial charge on any atom is 0.337 e. The summed E-state index contributed by atoms with van der Waals surface area (Å²) in [6.45, 7) is 2.46. The minimum Gasteiger partial charge on any atom is -0.478 e. The Bertz CT molecular complexity index is 315. The molecule has 1 aromatic heterocycles. The summed E-state index contributed by atoms with van der Waals surface area (Å²) in [5.41, 5.74) is 0.117. The van der Waals surface area contributed by atoms with Crippen molar-refractivity contribution in [2.75, 3.05) is 19.7 Å². The average molecular weight is 245 g/mol. The Kier molecular flexibility index (Phi) is 5.77. The van der Waals surface area contributed by atoms with Crippen LogP contribution in [-0.2, 0) is 4.74 Å². The molecule has 0 aromatic carbocycles. The molecule has 2 heterocycles. The van der Waals surface area contributed by atoms with Crippen LogP contribution in [0.5, 0.6) is 0 Å². The number of nitrogens with one attached hydrogen (secondary N) is 1. The van der Waals surface area contributed by atoms with Crippen molar-refractivity contribution < 1.29 is 14.6 Å². The van der Waals surface area contributed by atoms with Gasteiger partial charge in [0, 0.05) is 25.5 Å². The van der Waals surface area contributed by atoms with Crippen molar-refractivity contribution in [1.82, 2.24) is 10.3 Å². The molecule has 1 unspecified atom stereocenters. The predicted octanol–water partition coefficient (Wildman–Crippen LogP) is 0.951. The minimum atomic E-state index is -0.942. The van der Waals surface area contributed by atoms with Crippen LogP contribution in [0.15, 0.2) is 24.5 Å². The van der Waals surface area contributed by atoms with E-state index in [4.69, 9.17) is 21.4 Å². The third-order valence-electron chi connectivity index (χ3n) is 1.79. The summed E-state index contributed by atoms with van der Waals surface area (Å²) in [5.74, 6) is -0.942. The highest BCUT2D eigenvalue weighted by atomic mass is 35.5. The standard InChI is InChI=1S/C6H5NO2.C4H8ClNO/c8-6(9)5-2-1-3-7-4-5;5-4-3-6-1-2-7-4/h1-4H,(H,8,9);4,6H,1-3H2. The molecule has 0 saturated carbocycles. The molecule has 0 radical (unpaired) electrons. The summed E-state index contributed by atoms with van der Waals surface area (Å²) in [7, 11) is 0. The maximum absolute atomic E-state index is 10.2. The number of halogens is 1. The molecule has 1 atom stereocenters. The second-order valence-electron chi connectivity index (χ2n) is 3.03. The first-order valence-electron chi connectivity index (χ1n) is 4.80. The number of carboxylic acid groups (broad SMARTS) is 1. The molecule has 2 rings (SSSR count). The zero-order valence-corrected chi connectivity index (χ0v) is 9.35. The van der Waals surface area contributed by atoms with E-state index in [1.54, 1.807) is 6.07 Å². The van der Waals surface area contributed by atoms with Crippen LogP contribution in [0.3, 0.4) is 0 Å². The number of pyridine rings is 1. The second kappa shape index (κ2) is 7.16. The average Bonchev–Trinajstić information content (AvgIpc) is 2.32. The minimum absolute atomic E-state index is 0.103. The summed E-state index contributed by atoms with van der Waals surface area (Å²) in [5, 5.41) is 11.4. The number of nitrogens with zero attached hydrogens (tertiary/aromatic N) is 1. The highest BCUT2D eigenvalue weighted by Crippen LogP contribution is 1.98. The van der Waals surface area contributed by atoms with E-state index in [0.29, 0.717) is 0 Å². The molecule has 2 N–H and O–H groups in total. The van der Waals surface area contributed by atoms with Gasteiger partial charge in [-0.3, -0.25) is 4.98 Å². The van der Waals surface area contributed by atoms with E-state index in [2.05, 4.69) is 10.3 Å². The highest BCUT2D eigenvalue weighted by molar-refractivity contribution is 6.19. The van der Waals surface area contributed by atoms with Crippen molar-refractivity contribution in [3.05, 3.63) is 30.1 Å². The molecule has 0 spiro atoms. The molecular formula is C10H13ClN2O3. The van der Waals surface area contributed by atoms with Crippen molar-refractivity contribution in [1.29, 1.82) is 0 Å². The zero-order chi connectivity index (χ0) is 11.8. The van der Waals surface area contributed by atoms with Crippen LogP contribution in [-0.4, -0.2) is 41.3 Å². The van der Waals surface area contributed by atoms with Crippen molar-refractivity contribution in [3.8, 4) is 0 Å². The van der Waals surface area contributed by atoms with Crippen LogP contribution in [0, 0.1) is 0 Å². The zero-order valence-electron chi connectivity index (χ0n) is 8.60. The first kappa shape index (κ1) is 12.9. The summed E-state index contributed by atoms with van der Waals surface area (Å²) in [6, 6.07) is 3.08. The van der Waals surface area contributed by atoms with Crippen molar-refractivity contribution in [3.63, 3.8) is 0 Å². The molecular weight excluding hydrogens is 232 g/mol. The second-order valence-corrected chi connectivity index (χ2v) is 3.52. The molecule has 0 bridgehead atoms. The molecule has 16 heavy (non-hydrogen) atoms. The van der Waals surface area contributed by atoms with Crippen molar-refractivity contribution in [2.24, 2.45) is 0 Å². The number of hydrogen-bond acceptors (Lipinski definition) is 4. The van der Waals surface area contributed by atoms with E-state index in [0.717, 1.165) is 19.7 Å². The summed E-state index contributed by atoms with van der Waals surface area (Å²) in [6.07, 6.45) is 2.84. The van der Waals surface area contributed by atoms with Gasteiger partial charge >= 0.3 is 5.97 Å². The number of alkyl halides is 1. The van der Waals surface area contributed by atoms with Gasteiger partial charge in [0.15, 0.2) is 0 Å². The Labute approximate surface area is 98.4 Å². The fourth-order valence-corrected chi connectivity index (χ4v) is 1.22. The van der Waals surface area contributed by atoms with Crippen LogP contribution in [0.4, 0.5) is 0 Å². The van der Waals surface area contributed by atoms with Gasteiger partial charge in [0.05, 0.1) is 12.2 Å². The van der Waals surface area contributed by atoms with Gasteiger partial charge in [-0.2, -0.15) is 0 Å². The van der Waals surface area contributed by atoms with Gasteiger partial charge in [0.2, 0.25) is 0 Å². The number of aromatic nitrogens is 1. The number of rotatable bonds is 1. The van der Waals surface area contributed by atoms with E-state index in [1.807, 2.05) is 0 Å². The molecule has 1 fully saturated rings. The number of aromatic carboxylic acids is 1. The van der Waals surface area contributed by atoms with Crippen LogP contribution in [0.2, 0.25) is 0 Å². The van der Waals surface area contributed by atoms with Gasteiger partial charge in [0.25, 0.3) is 0 Å². The highest BCUT2D eigenvalue weighted by Gasteiger charge is 2.07. The lowest BCUT2D eigenvalue weighted by Gasteiger charge is -2.17. The number of carbonyl (C=O) groups is 1. The van der Waals surface area contributed by atoms with Gasteiger partial charge in [-0.1, -0.05) is 11.6 Å². The van der Waals surface area contributed by atoms with E-state index >= 15 is 0 Å². The Morgan fingerprint density at radius 1 is 1.69 bits per heavy atom. The SMILES string of the molecule is ClC1CNCCO1.O=C(O)c1cccnc1. The Morgan fingerprint density at radius 2 is 2.50 bits per heavy atom. The molecule has 6 heteroatoms. The number of hydrogen-bond donors (Lipinski definition) is 2. The summed E-state index contributed by atoms with van der Waals surface area (Å²) in [4.78, 5) is 13.8. The van der Waals surface area contributed by atoms with E-state index < -0.39 is 5.97 Å². The topological polar surface area (TPSA) is 71.5 Å². The summed E-state index contributed by atoms with van der Waals surface area (Å²) >= 11 is 5.53. The van der Waals surface area contributed by atoms with E-state index in [-0.39, 0.29) is 11.1 Å². The molecule has 5 nitrogen and oxygen atoms in total. The monoisotopic (exact) mass is 244 g/mol. The van der Waals surface area contributed by atoms with Crippen LogP contribution in [0.1, 0.15) is 10.4 Å². The maximum atomic E-state index is 10.2. The smallest absolute Gasteiger partial charge is 0.337 e. The van der Waals surface area contributed by atoms with Crippen molar-refractivity contribution in [2.45, 2.75) is 5.56 Å². The van der Waals surface area contributed by atoms with Crippen molar-refractivity contribution >= 4 is 17.6 Å². The normalized spacial score (nSPS) is 19.4. The summed E-state index contributed by atoms with van der Waals surface area (Å²) < 4.78 is 4.98. The largest absolute Gasteiger partial charge is 0.478 e. The predicted molar refractivity (Wildman–Crippen MR) is 59.7 cm³/mol. The number of ether oxygens (including phenoxy) is 1. The molecule has 0 aliphatic carbocycles. The third kappa shape index (κ3) is 5.06. The van der Waals surface area contributed by atoms with E-state index in [1.165, 1.54) is 18.5 Å². The Balaban J connectivity index is 0.000000165. The first-order chi connectivity index (χ1) is 7.70. The van der Waals surface area contributed by atoms with Crippen LogP contribution >= 0.6 is 11.6 Å². The lowest BCUT2D eigenvalue weighted by Crippen LogP contribution is -2.35.